The molecule has 0 aliphatic heterocycles. The van der Waals surface area contributed by atoms with Crippen molar-refractivity contribution in [3.8, 4) is 5.75 Å². The van der Waals surface area contributed by atoms with E-state index in [0.29, 0.717) is 18.4 Å². The molecule has 3 heterocycles. The maximum absolute atomic E-state index is 5.98. The molecule has 0 spiro atoms. The van der Waals surface area contributed by atoms with Crippen LogP contribution in [0.1, 0.15) is 5.56 Å². The Morgan fingerprint density at radius 1 is 1.03 bits per heavy atom. The summed E-state index contributed by atoms with van der Waals surface area (Å²) in [5, 5.41) is 4.18. The van der Waals surface area contributed by atoms with Gasteiger partial charge >= 0.3 is 6.01 Å². The van der Waals surface area contributed by atoms with Crippen LogP contribution in [0, 0.1) is 0 Å². The van der Waals surface area contributed by atoms with Crippen molar-refractivity contribution in [1.29, 1.82) is 0 Å². The van der Waals surface area contributed by atoms with E-state index in [4.69, 9.17) is 9.15 Å². The van der Waals surface area contributed by atoms with Crippen molar-refractivity contribution in [2.45, 2.75) is 6.61 Å². The van der Waals surface area contributed by atoms with E-state index in [2.05, 4.69) is 20.1 Å². The fourth-order valence-electron chi connectivity index (χ4n) is 3.02. The van der Waals surface area contributed by atoms with Crippen molar-refractivity contribution in [2.24, 2.45) is 0 Å². The van der Waals surface area contributed by atoms with E-state index < -0.39 is 0 Å². The highest BCUT2D eigenvalue weighted by Crippen LogP contribution is 2.35. The van der Waals surface area contributed by atoms with Gasteiger partial charge in [-0.15, -0.1) is 0 Å². The van der Waals surface area contributed by atoms with Crippen molar-refractivity contribution in [1.82, 2.24) is 24.6 Å². The van der Waals surface area contributed by atoms with E-state index in [1.807, 2.05) is 54.6 Å². The lowest BCUT2D eigenvalue weighted by Gasteiger charge is -2.20. The number of rotatable bonds is 6. The monoisotopic (exact) mass is 384 g/mol. The Morgan fingerprint density at radius 2 is 1.97 bits per heavy atom. The van der Waals surface area contributed by atoms with Crippen molar-refractivity contribution in [3.63, 3.8) is 0 Å². The summed E-state index contributed by atoms with van der Waals surface area (Å²) in [5.41, 5.74) is 2.61. The molecular weight excluding hydrogens is 368 g/mol. The maximum Gasteiger partial charge on any atom is 0.307 e. The summed E-state index contributed by atoms with van der Waals surface area (Å²) >= 11 is 0. The van der Waals surface area contributed by atoms with Crippen LogP contribution < -0.4 is 9.64 Å². The Kier molecular flexibility index (Phi) is 4.34. The fraction of sp³-hybridized carbons (Fsp3) is 0.0476. The Labute approximate surface area is 166 Å². The molecule has 8 heteroatoms. The molecule has 142 valence electrons. The third-order valence-corrected chi connectivity index (χ3v) is 4.35. The standard InChI is InChI=1S/C21H16N6O2/c1-2-5-16(6-3-1)13-29-18-8-4-7-17(11-18)27(21-23-9-10-28-21)20-19-12-22-15-26(19)25-14-24-20/h1-12,14-15H,13H2. The van der Waals surface area contributed by atoms with Crippen LogP contribution in [0.2, 0.25) is 0 Å². The summed E-state index contributed by atoms with van der Waals surface area (Å²) in [5.74, 6) is 1.32. The molecule has 0 aliphatic rings. The Balaban J connectivity index is 1.53. The first-order chi connectivity index (χ1) is 14.4. The highest BCUT2D eigenvalue weighted by Gasteiger charge is 2.21. The molecule has 0 bridgehead atoms. The number of imidazole rings is 1. The van der Waals surface area contributed by atoms with Crippen molar-refractivity contribution < 1.29 is 9.15 Å². The average molecular weight is 384 g/mol. The largest absolute Gasteiger partial charge is 0.489 e. The van der Waals surface area contributed by atoms with Crippen molar-refractivity contribution >= 4 is 23.0 Å². The number of nitrogens with zero attached hydrogens (tertiary/aromatic N) is 6. The van der Waals surface area contributed by atoms with Crippen molar-refractivity contribution in [2.75, 3.05) is 4.90 Å². The number of hydrogen-bond donors (Lipinski definition) is 0. The zero-order chi connectivity index (χ0) is 19.5. The number of anilines is 3. The van der Waals surface area contributed by atoms with E-state index in [-0.39, 0.29) is 0 Å². The van der Waals surface area contributed by atoms with Crippen LogP contribution in [-0.2, 0) is 6.61 Å². The van der Waals surface area contributed by atoms with Gasteiger partial charge in [-0.2, -0.15) is 5.10 Å². The normalized spacial score (nSPS) is 10.9. The van der Waals surface area contributed by atoms with Gasteiger partial charge < -0.3 is 9.15 Å². The second-order valence-electron chi connectivity index (χ2n) is 6.23. The Bertz CT molecular complexity index is 1220. The molecule has 8 nitrogen and oxygen atoms in total. The number of fused-ring (bicyclic) bond motifs is 1. The lowest BCUT2D eigenvalue weighted by molar-refractivity contribution is 0.306. The first-order valence-corrected chi connectivity index (χ1v) is 8.98. The molecule has 5 rings (SSSR count). The van der Waals surface area contributed by atoms with E-state index >= 15 is 0 Å². The summed E-state index contributed by atoms with van der Waals surface area (Å²) in [6.07, 6.45) is 7.89. The minimum atomic E-state index is 0.381. The van der Waals surface area contributed by atoms with Gasteiger partial charge in [0.15, 0.2) is 5.82 Å². The molecule has 5 aromatic rings. The zero-order valence-corrected chi connectivity index (χ0v) is 15.3. The fourth-order valence-corrected chi connectivity index (χ4v) is 3.02. The van der Waals surface area contributed by atoms with Crippen LogP contribution in [0.4, 0.5) is 17.5 Å². The highest BCUT2D eigenvalue weighted by molar-refractivity contribution is 5.80. The smallest absolute Gasteiger partial charge is 0.307 e. The third kappa shape index (κ3) is 3.39. The van der Waals surface area contributed by atoms with Gasteiger partial charge in [-0.05, 0) is 17.7 Å². The number of benzene rings is 2. The highest BCUT2D eigenvalue weighted by atomic mass is 16.5. The lowest BCUT2D eigenvalue weighted by atomic mass is 10.2. The van der Waals surface area contributed by atoms with Crippen LogP contribution >= 0.6 is 0 Å². The molecule has 0 amide bonds. The number of oxazole rings is 1. The summed E-state index contributed by atoms with van der Waals surface area (Å²) in [6, 6.07) is 18.1. The number of hydrogen-bond acceptors (Lipinski definition) is 7. The molecule has 3 aromatic heterocycles. The van der Waals surface area contributed by atoms with Crippen LogP contribution in [0.25, 0.3) is 5.52 Å². The number of aromatic nitrogens is 5. The second-order valence-corrected chi connectivity index (χ2v) is 6.23. The summed E-state index contributed by atoms with van der Waals surface area (Å²) < 4.78 is 13.2. The van der Waals surface area contributed by atoms with E-state index in [9.17, 15) is 0 Å². The molecule has 0 N–H and O–H groups in total. The molecule has 0 saturated carbocycles. The molecule has 0 fully saturated rings. The quantitative estimate of drug-likeness (QED) is 0.435. The molecule has 29 heavy (non-hydrogen) atoms. The van der Waals surface area contributed by atoms with Gasteiger partial charge in [0.2, 0.25) is 0 Å². The van der Waals surface area contributed by atoms with Crippen molar-refractivity contribution in [3.05, 3.63) is 91.5 Å². The van der Waals surface area contributed by atoms with Gasteiger partial charge in [0.25, 0.3) is 0 Å². The van der Waals surface area contributed by atoms with Crippen LogP contribution in [0.15, 0.2) is 90.3 Å². The van der Waals surface area contributed by atoms with Gasteiger partial charge in [-0.3, -0.25) is 0 Å². The predicted molar refractivity (Wildman–Crippen MR) is 106 cm³/mol. The summed E-state index contributed by atoms with van der Waals surface area (Å²) in [4.78, 5) is 14.7. The SMILES string of the molecule is c1ccc(COc2cccc(N(c3ncco3)c3ncnn4cncc34)c2)cc1. The second kappa shape index (κ2) is 7.43. The molecule has 0 atom stereocenters. The molecule has 0 unspecified atom stereocenters. The third-order valence-electron chi connectivity index (χ3n) is 4.35. The zero-order valence-electron chi connectivity index (χ0n) is 15.3. The summed E-state index contributed by atoms with van der Waals surface area (Å²) in [7, 11) is 0. The van der Waals surface area contributed by atoms with Gasteiger partial charge in [0, 0.05) is 6.07 Å². The van der Waals surface area contributed by atoms with Gasteiger partial charge in [0.1, 0.15) is 36.8 Å². The topological polar surface area (TPSA) is 81.6 Å². The van der Waals surface area contributed by atoms with Crippen LogP contribution in [0.5, 0.6) is 5.75 Å². The first-order valence-electron chi connectivity index (χ1n) is 8.98. The summed E-state index contributed by atoms with van der Waals surface area (Å²) in [6.45, 7) is 0.476. The molecule has 0 saturated heterocycles. The Morgan fingerprint density at radius 3 is 2.83 bits per heavy atom. The first kappa shape index (κ1) is 16.9. The van der Waals surface area contributed by atoms with Gasteiger partial charge in [-0.25, -0.2) is 24.4 Å². The average Bonchev–Trinajstić information content (AvgIpc) is 3.46. The van der Waals surface area contributed by atoms with E-state index in [1.165, 1.54) is 12.6 Å². The maximum atomic E-state index is 5.98. The van der Waals surface area contributed by atoms with Crippen LogP contribution in [0.3, 0.4) is 0 Å². The Hall–Kier alpha value is -4.20. The van der Waals surface area contributed by atoms with E-state index in [1.54, 1.807) is 28.1 Å². The predicted octanol–water partition coefficient (Wildman–Crippen LogP) is 4.16. The van der Waals surface area contributed by atoms with E-state index in [0.717, 1.165) is 22.5 Å². The van der Waals surface area contributed by atoms with Gasteiger partial charge in [0.05, 0.1) is 18.1 Å². The minimum Gasteiger partial charge on any atom is -0.489 e. The van der Waals surface area contributed by atoms with Gasteiger partial charge in [-0.1, -0.05) is 36.4 Å². The molecular formula is C21H16N6O2. The van der Waals surface area contributed by atoms with Crippen LogP contribution in [-0.4, -0.2) is 24.6 Å². The minimum absolute atomic E-state index is 0.381. The lowest BCUT2D eigenvalue weighted by Crippen LogP contribution is -2.14. The molecule has 0 aliphatic carbocycles. The molecule has 0 radical (unpaired) electrons. The number of ether oxygens (including phenoxy) is 1. The molecule has 2 aromatic carbocycles.